The molecule has 3 N–H and O–H groups in total. The van der Waals surface area contributed by atoms with Gasteiger partial charge in [-0.05, 0) is 0 Å². The van der Waals surface area contributed by atoms with Crippen LogP contribution in [0.3, 0.4) is 0 Å². The second-order valence-corrected chi connectivity index (χ2v) is 4.25. The van der Waals surface area contributed by atoms with Gasteiger partial charge in [-0.1, -0.05) is 11.8 Å². The molecular formula is C9H13NO6S. The van der Waals surface area contributed by atoms with Crippen molar-refractivity contribution < 1.29 is 29.4 Å². The molecule has 0 bridgehead atoms. The van der Waals surface area contributed by atoms with Crippen molar-refractivity contribution in [2.24, 2.45) is 0 Å². The van der Waals surface area contributed by atoms with Gasteiger partial charge in [0.1, 0.15) is 6.04 Å². The average Bonchev–Trinajstić information content (AvgIpc) is 2.20. The molecule has 1 unspecified atom stereocenters. The fourth-order valence-corrected chi connectivity index (χ4v) is 1.70. The van der Waals surface area contributed by atoms with E-state index >= 15 is 0 Å². The Hall–Kier alpha value is -1.57. The lowest BCUT2D eigenvalue weighted by molar-refractivity contribution is -0.140. The summed E-state index contributed by atoms with van der Waals surface area (Å²) >= 11 is 0.699. The Morgan fingerprint density at radius 3 is 2.18 bits per heavy atom. The van der Waals surface area contributed by atoms with Gasteiger partial charge in [0.2, 0.25) is 5.91 Å². The number of carbonyl (C=O) groups excluding carboxylic acids is 2. The van der Waals surface area contributed by atoms with E-state index in [0.29, 0.717) is 11.8 Å². The summed E-state index contributed by atoms with van der Waals surface area (Å²) < 4.78 is 0. The molecule has 0 heterocycles. The highest BCUT2D eigenvalue weighted by Gasteiger charge is 2.20. The zero-order valence-electron chi connectivity index (χ0n) is 9.13. The van der Waals surface area contributed by atoms with Crippen molar-refractivity contribution in [3.63, 3.8) is 0 Å². The maximum absolute atomic E-state index is 11.2. The molecule has 0 saturated carbocycles. The first-order valence-corrected chi connectivity index (χ1v) is 5.68. The minimum Gasteiger partial charge on any atom is -0.481 e. The number of aliphatic carboxylic acids is 2. The van der Waals surface area contributed by atoms with Crippen molar-refractivity contribution in [3.8, 4) is 0 Å². The zero-order chi connectivity index (χ0) is 13.4. The summed E-state index contributed by atoms with van der Waals surface area (Å²) in [6.45, 7) is 1.17. The van der Waals surface area contributed by atoms with E-state index < -0.39 is 29.0 Å². The van der Waals surface area contributed by atoms with E-state index in [-0.39, 0.29) is 18.6 Å². The second kappa shape index (κ2) is 7.66. The van der Waals surface area contributed by atoms with Crippen molar-refractivity contribution in [2.45, 2.75) is 25.8 Å². The van der Waals surface area contributed by atoms with Crippen molar-refractivity contribution >= 4 is 34.7 Å². The van der Waals surface area contributed by atoms with E-state index in [9.17, 15) is 19.2 Å². The molecule has 7 nitrogen and oxygen atoms in total. The zero-order valence-corrected chi connectivity index (χ0v) is 9.95. The largest absolute Gasteiger partial charge is 0.481 e. The third kappa shape index (κ3) is 8.26. The highest BCUT2D eigenvalue weighted by Crippen LogP contribution is 2.09. The van der Waals surface area contributed by atoms with E-state index in [1.165, 1.54) is 6.92 Å². The van der Waals surface area contributed by atoms with Gasteiger partial charge in [-0.2, -0.15) is 0 Å². The van der Waals surface area contributed by atoms with Crippen molar-refractivity contribution in [3.05, 3.63) is 0 Å². The summed E-state index contributed by atoms with van der Waals surface area (Å²) in [7, 11) is 0. The average molecular weight is 263 g/mol. The fourth-order valence-electron chi connectivity index (χ4n) is 0.877. The monoisotopic (exact) mass is 263 g/mol. The van der Waals surface area contributed by atoms with Crippen LogP contribution in [-0.4, -0.2) is 45.0 Å². The molecule has 96 valence electrons. The van der Waals surface area contributed by atoms with Gasteiger partial charge in [0.25, 0.3) is 0 Å². The molecule has 0 fully saturated rings. The first-order valence-electron chi connectivity index (χ1n) is 4.70. The maximum atomic E-state index is 11.2. The second-order valence-electron chi connectivity index (χ2n) is 3.17. The van der Waals surface area contributed by atoms with Crippen LogP contribution in [-0.2, 0) is 19.2 Å². The highest BCUT2D eigenvalue weighted by atomic mass is 32.2. The SMILES string of the molecule is CC(=O)NC(CSC(=O)CCC(=O)O)C(=O)O. The van der Waals surface area contributed by atoms with Gasteiger partial charge in [0, 0.05) is 19.1 Å². The van der Waals surface area contributed by atoms with Crippen LogP contribution in [0.15, 0.2) is 0 Å². The number of thioether (sulfide) groups is 1. The molecule has 1 atom stereocenters. The molecule has 0 aromatic heterocycles. The van der Waals surface area contributed by atoms with Crippen molar-refractivity contribution in [1.29, 1.82) is 0 Å². The number of nitrogens with one attached hydrogen (secondary N) is 1. The summed E-state index contributed by atoms with van der Waals surface area (Å²) in [5, 5.41) is 18.8. The molecule has 0 aliphatic rings. The van der Waals surface area contributed by atoms with E-state index in [4.69, 9.17) is 10.2 Å². The molecule has 8 heteroatoms. The number of carboxylic acid groups (broad SMARTS) is 2. The fraction of sp³-hybridized carbons (Fsp3) is 0.556. The number of hydrogen-bond acceptors (Lipinski definition) is 5. The topological polar surface area (TPSA) is 121 Å². The smallest absolute Gasteiger partial charge is 0.327 e. The Balaban J connectivity index is 4.04. The Kier molecular flexibility index (Phi) is 6.95. The van der Waals surface area contributed by atoms with Crippen LogP contribution in [0.4, 0.5) is 0 Å². The third-order valence-electron chi connectivity index (χ3n) is 1.63. The van der Waals surface area contributed by atoms with Gasteiger partial charge in [-0.25, -0.2) is 4.79 Å². The van der Waals surface area contributed by atoms with Gasteiger partial charge in [-0.3, -0.25) is 14.4 Å². The summed E-state index contributed by atoms with van der Waals surface area (Å²) in [6.07, 6.45) is -0.448. The van der Waals surface area contributed by atoms with Crippen LogP contribution in [0.5, 0.6) is 0 Å². The van der Waals surface area contributed by atoms with Crippen LogP contribution >= 0.6 is 11.8 Å². The van der Waals surface area contributed by atoms with Crippen LogP contribution < -0.4 is 5.32 Å². The molecule has 0 rings (SSSR count). The predicted octanol–water partition coefficient (Wildman–Crippen LogP) is -0.300. The summed E-state index contributed by atoms with van der Waals surface area (Å²) in [5.41, 5.74) is 0. The van der Waals surface area contributed by atoms with Crippen LogP contribution in [0.2, 0.25) is 0 Å². The van der Waals surface area contributed by atoms with E-state index in [0.717, 1.165) is 0 Å². The van der Waals surface area contributed by atoms with Crippen molar-refractivity contribution in [1.82, 2.24) is 5.32 Å². The Morgan fingerprint density at radius 2 is 1.76 bits per heavy atom. The molecule has 0 radical (unpaired) electrons. The number of rotatable bonds is 7. The normalized spacial score (nSPS) is 11.6. The molecule has 0 aliphatic heterocycles. The van der Waals surface area contributed by atoms with Gasteiger partial charge in [0.05, 0.1) is 6.42 Å². The number of carboxylic acids is 2. The minimum absolute atomic E-state index is 0.118. The third-order valence-corrected chi connectivity index (χ3v) is 2.66. The van der Waals surface area contributed by atoms with Crippen LogP contribution in [0.25, 0.3) is 0 Å². The minimum atomic E-state index is -1.24. The Morgan fingerprint density at radius 1 is 1.18 bits per heavy atom. The van der Waals surface area contributed by atoms with E-state index in [1.54, 1.807) is 0 Å². The van der Waals surface area contributed by atoms with E-state index in [1.807, 2.05) is 0 Å². The number of carbonyl (C=O) groups is 4. The first-order chi connectivity index (χ1) is 7.82. The molecule has 0 aromatic rings. The molecule has 0 aromatic carbocycles. The van der Waals surface area contributed by atoms with Crippen LogP contribution in [0.1, 0.15) is 19.8 Å². The summed E-state index contributed by atoms with van der Waals surface area (Å²) in [5.74, 6) is -2.95. The molecule has 0 spiro atoms. The Bertz CT molecular complexity index is 329. The Labute approximate surface area is 102 Å². The van der Waals surface area contributed by atoms with Crippen LogP contribution in [0, 0.1) is 0 Å². The van der Waals surface area contributed by atoms with Gasteiger partial charge in [-0.15, -0.1) is 0 Å². The molecule has 17 heavy (non-hydrogen) atoms. The standard InChI is InChI=1S/C9H13NO6S/c1-5(11)10-6(9(15)16)4-17-8(14)3-2-7(12)13/h6H,2-4H2,1H3,(H,10,11)(H,12,13)(H,15,16). The van der Waals surface area contributed by atoms with Crippen molar-refractivity contribution in [2.75, 3.05) is 5.75 Å². The van der Waals surface area contributed by atoms with Gasteiger partial charge in [0.15, 0.2) is 5.12 Å². The molecule has 1 amide bonds. The van der Waals surface area contributed by atoms with Gasteiger partial charge >= 0.3 is 11.9 Å². The molecule has 0 saturated heterocycles. The summed E-state index contributed by atoms with van der Waals surface area (Å²) in [6, 6.07) is -1.15. The quantitative estimate of drug-likeness (QED) is 0.576. The predicted molar refractivity (Wildman–Crippen MR) is 59.6 cm³/mol. The lowest BCUT2D eigenvalue weighted by atomic mass is 10.3. The van der Waals surface area contributed by atoms with Gasteiger partial charge < -0.3 is 15.5 Å². The molecule has 0 aliphatic carbocycles. The highest BCUT2D eigenvalue weighted by molar-refractivity contribution is 8.13. The number of hydrogen-bond donors (Lipinski definition) is 3. The number of amides is 1. The van der Waals surface area contributed by atoms with E-state index in [2.05, 4.69) is 5.32 Å². The lowest BCUT2D eigenvalue weighted by Gasteiger charge is -2.11. The summed E-state index contributed by atoms with van der Waals surface area (Å²) in [4.78, 5) is 42.7. The lowest BCUT2D eigenvalue weighted by Crippen LogP contribution is -2.41. The maximum Gasteiger partial charge on any atom is 0.327 e. The molecular weight excluding hydrogens is 250 g/mol. The first kappa shape index (κ1) is 15.4.